The summed E-state index contributed by atoms with van der Waals surface area (Å²) < 4.78 is 0. The fourth-order valence-corrected chi connectivity index (χ4v) is 10.1. The van der Waals surface area contributed by atoms with Crippen LogP contribution in [0.1, 0.15) is 54.8 Å². The van der Waals surface area contributed by atoms with E-state index in [0.29, 0.717) is 17.5 Å². The fourth-order valence-electron chi connectivity index (χ4n) is 10.1. The average Bonchev–Trinajstić information content (AvgIpc) is 3.78. The summed E-state index contributed by atoms with van der Waals surface area (Å²) in [5.74, 6) is 1.94. The lowest BCUT2D eigenvalue weighted by atomic mass is 9.67. The molecule has 7 aromatic carbocycles. The van der Waals surface area contributed by atoms with Gasteiger partial charge in [-0.2, -0.15) is 0 Å². The van der Waals surface area contributed by atoms with Gasteiger partial charge in [0.15, 0.2) is 17.5 Å². The van der Waals surface area contributed by atoms with Crippen molar-refractivity contribution < 1.29 is 0 Å². The largest absolute Gasteiger partial charge is 0.208 e. The molecule has 0 saturated carbocycles. The molecule has 8 aromatic rings. The SMILES string of the molecule is C/C=C\C(=C/C)c1nc(-c2ccccc2-c2ccccc2)nc(-c2ccc(-c3cccc4c3C3(C5=CCCC=C54)c4ccccc4-c4ccccc43)c3ccccc23)n1. The molecule has 280 valence electrons. The van der Waals surface area contributed by atoms with Crippen LogP contribution in [0.15, 0.2) is 194 Å². The van der Waals surface area contributed by atoms with E-state index in [9.17, 15) is 0 Å². The zero-order valence-electron chi connectivity index (χ0n) is 33.2. The highest BCUT2D eigenvalue weighted by Crippen LogP contribution is 2.66. The molecule has 59 heavy (non-hydrogen) atoms. The van der Waals surface area contributed by atoms with Crippen LogP contribution in [-0.2, 0) is 5.41 Å². The van der Waals surface area contributed by atoms with Crippen molar-refractivity contribution in [2.75, 3.05) is 0 Å². The van der Waals surface area contributed by atoms with Crippen molar-refractivity contribution in [2.24, 2.45) is 0 Å². The lowest BCUT2D eigenvalue weighted by molar-refractivity contribution is 0.784. The minimum absolute atomic E-state index is 0.412. The number of nitrogens with zero attached hydrogens (tertiary/aromatic N) is 3. The predicted molar refractivity (Wildman–Crippen MR) is 245 cm³/mol. The molecule has 0 saturated heterocycles. The first-order valence-corrected chi connectivity index (χ1v) is 20.7. The molecule has 0 radical (unpaired) electrons. The van der Waals surface area contributed by atoms with Gasteiger partial charge in [0.1, 0.15) is 0 Å². The maximum Gasteiger partial charge on any atom is 0.164 e. The van der Waals surface area contributed by atoms with Gasteiger partial charge in [0.25, 0.3) is 0 Å². The number of aromatic nitrogens is 3. The van der Waals surface area contributed by atoms with Gasteiger partial charge in [0.2, 0.25) is 0 Å². The minimum atomic E-state index is -0.412. The van der Waals surface area contributed by atoms with E-state index in [-0.39, 0.29) is 0 Å². The summed E-state index contributed by atoms with van der Waals surface area (Å²) in [6.45, 7) is 4.06. The summed E-state index contributed by atoms with van der Waals surface area (Å²) in [5.41, 5.74) is 18.0. The molecule has 3 nitrogen and oxygen atoms in total. The van der Waals surface area contributed by atoms with Crippen molar-refractivity contribution in [1.82, 2.24) is 15.0 Å². The Morgan fingerprint density at radius 1 is 0.475 bits per heavy atom. The van der Waals surface area contributed by atoms with Gasteiger partial charge in [0.05, 0.1) is 5.41 Å². The van der Waals surface area contributed by atoms with Crippen LogP contribution in [0.5, 0.6) is 0 Å². The van der Waals surface area contributed by atoms with Crippen molar-refractivity contribution in [3.63, 3.8) is 0 Å². The van der Waals surface area contributed by atoms with Crippen molar-refractivity contribution in [2.45, 2.75) is 32.1 Å². The second-order valence-electron chi connectivity index (χ2n) is 15.6. The number of hydrogen-bond donors (Lipinski definition) is 0. The number of allylic oxidation sites excluding steroid dienone is 8. The third-order valence-electron chi connectivity index (χ3n) is 12.5. The van der Waals surface area contributed by atoms with E-state index in [4.69, 9.17) is 15.0 Å². The van der Waals surface area contributed by atoms with Gasteiger partial charge in [-0.1, -0.05) is 182 Å². The lowest BCUT2D eigenvalue weighted by Gasteiger charge is -2.33. The summed E-state index contributed by atoms with van der Waals surface area (Å²) in [6.07, 6.45) is 13.3. The molecule has 3 aliphatic rings. The molecular formula is C56H41N3. The lowest BCUT2D eigenvalue weighted by Crippen LogP contribution is -2.27. The van der Waals surface area contributed by atoms with Crippen LogP contribution in [0.25, 0.3) is 78.1 Å². The van der Waals surface area contributed by atoms with Crippen molar-refractivity contribution in [3.05, 3.63) is 222 Å². The monoisotopic (exact) mass is 755 g/mol. The Morgan fingerprint density at radius 2 is 1.03 bits per heavy atom. The predicted octanol–water partition coefficient (Wildman–Crippen LogP) is 14.1. The second kappa shape index (κ2) is 14.0. The van der Waals surface area contributed by atoms with Crippen LogP contribution in [0.4, 0.5) is 0 Å². The Balaban J connectivity index is 1.16. The van der Waals surface area contributed by atoms with Crippen LogP contribution in [-0.4, -0.2) is 15.0 Å². The fraction of sp³-hybridized carbons (Fsp3) is 0.0893. The van der Waals surface area contributed by atoms with Crippen LogP contribution in [0.3, 0.4) is 0 Å². The Bertz CT molecular complexity index is 3080. The molecule has 1 spiro atoms. The standard InChI is InChI=1S/C56H41N3/c1-3-19-36(4-2)53-57-54(47-28-11-8-22-38(47)37-20-6-5-7-21-37)59-55(58-53)48-35-34-41(39-23-9-10-24-40(39)48)45-29-18-30-46-44-27-14-17-33-51(44)56(52(45)46)49-31-15-12-25-42(49)43-26-13-16-32-50(43)56/h3-13,15-16,18-35H,14,17H2,1-2H3/b19-3-,36-4+. The Labute approximate surface area is 345 Å². The maximum atomic E-state index is 5.32. The topological polar surface area (TPSA) is 38.7 Å². The van der Waals surface area contributed by atoms with Crippen LogP contribution >= 0.6 is 0 Å². The number of hydrogen-bond acceptors (Lipinski definition) is 3. The van der Waals surface area contributed by atoms with Gasteiger partial charge in [0, 0.05) is 16.7 Å². The zero-order chi connectivity index (χ0) is 39.5. The summed E-state index contributed by atoms with van der Waals surface area (Å²) in [4.78, 5) is 15.7. The van der Waals surface area contributed by atoms with Crippen LogP contribution < -0.4 is 0 Å². The molecule has 11 rings (SSSR count). The first-order valence-electron chi connectivity index (χ1n) is 20.7. The van der Waals surface area contributed by atoms with E-state index in [1.54, 1.807) is 0 Å². The van der Waals surface area contributed by atoms with Gasteiger partial charge in [-0.3, -0.25) is 0 Å². The van der Waals surface area contributed by atoms with E-state index in [2.05, 4.69) is 176 Å². The first kappa shape index (κ1) is 35.0. The Morgan fingerprint density at radius 3 is 1.75 bits per heavy atom. The van der Waals surface area contributed by atoms with Gasteiger partial charge >= 0.3 is 0 Å². The summed E-state index contributed by atoms with van der Waals surface area (Å²) >= 11 is 0. The molecule has 0 unspecified atom stereocenters. The molecule has 0 aliphatic heterocycles. The molecule has 0 atom stereocenters. The smallest absolute Gasteiger partial charge is 0.164 e. The zero-order valence-corrected chi connectivity index (χ0v) is 33.2. The second-order valence-corrected chi connectivity index (χ2v) is 15.6. The minimum Gasteiger partial charge on any atom is -0.208 e. The molecule has 3 aliphatic carbocycles. The van der Waals surface area contributed by atoms with E-state index in [0.717, 1.165) is 46.1 Å². The highest BCUT2D eigenvalue weighted by molar-refractivity contribution is 6.08. The highest BCUT2D eigenvalue weighted by atomic mass is 15.0. The van der Waals surface area contributed by atoms with E-state index < -0.39 is 5.41 Å². The third-order valence-corrected chi connectivity index (χ3v) is 12.5. The summed E-state index contributed by atoms with van der Waals surface area (Å²) in [6, 6.07) is 57.3. The molecule has 3 heteroatoms. The Hall–Kier alpha value is -7.23. The van der Waals surface area contributed by atoms with Crippen molar-refractivity contribution in [3.8, 4) is 56.2 Å². The van der Waals surface area contributed by atoms with Gasteiger partial charge < -0.3 is 0 Å². The quantitative estimate of drug-likeness (QED) is 0.159. The van der Waals surface area contributed by atoms with Crippen molar-refractivity contribution >= 4 is 21.9 Å². The third kappa shape index (κ3) is 5.24. The molecule has 0 fully saturated rings. The molecule has 0 bridgehead atoms. The molecular weight excluding hydrogens is 715 g/mol. The van der Waals surface area contributed by atoms with Gasteiger partial charge in [-0.15, -0.1) is 0 Å². The van der Waals surface area contributed by atoms with Gasteiger partial charge in [-0.25, -0.2) is 15.0 Å². The Kier molecular flexibility index (Phi) is 8.30. The van der Waals surface area contributed by atoms with E-state index in [1.165, 1.54) is 61.0 Å². The molecule has 0 N–H and O–H groups in total. The average molecular weight is 756 g/mol. The molecule has 0 amide bonds. The number of fused-ring (bicyclic) bond motifs is 11. The highest BCUT2D eigenvalue weighted by Gasteiger charge is 2.54. The van der Waals surface area contributed by atoms with Crippen LogP contribution in [0.2, 0.25) is 0 Å². The summed E-state index contributed by atoms with van der Waals surface area (Å²) in [5, 5.41) is 2.27. The van der Waals surface area contributed by atoms with Crippen LogP contribution in [0, 0.1) is 0 Å². The molecule has 1 heterocycles. The number of rotatable bonds is 6. The number of benzene rings is 7. The first-order chi connectivity index (χ1) is 29.2. The van der Waals surface area contributed by atoms with E-state index in [1.807, 2.05) is 26.0 Å². The normalized spacial score (nSPS) is 14.8. The van der Waals surface area contributed by atoms with E-state index >= 15 is 0 Å². The van der Waals surface area contributed by atoms with Crippen molar-refractivity contribution in [1.29, 1.82) is 0 Å². The summed E-state index contributed by atoms with van der Waals surface area (Å²) in [7, 11) is 0. The maximum absolute atomic E-state index is 5.32. The molecule has 1 aromatic heterocycles. The van der Waals surface area contributed by atoms with Gasteiger partial charge in [-0.05, 0) is 110 Å².